The van der Waals surface area contributed by atoms with E-state index in [-0.39, 0.29) is 5.91 Å². The number of nitrogens with two attached hydrogens (primary N) is 1. The van der Waals surface area contributed by atoms with Crippen molar-refractivity contribution >= 4 is 50.7 Å². The monoisotopic (exact) mass is 366 g/mol. The summed E-state index contributed by atoms with van der Waals surface area (Å²) < 4.78 is 5.95. The third kappa shape index (κ3) is 3.41. The first kappa shape index (κ1) is 15.1. The molecule has 0 spiro atoms. The van der Waals surface area contributed by atoms with Crippen molar-refractivity contribution < 1.29 is 9.53 Å². The molecule has 1 fully saturated rings. The number of benzene rings is 1. The normalized spacial score (nSPS) is 18.1. The number of halogens is 3. The first-order chi connectivity index (χ1) is 8.92. The Balaban J connectivity index is 2.19. The van der Waals surface area contributed by atoms with Gasteiger partial charge in [0.1, 0.15) is 5.54 Å². The van der Waals surface area contributed by atoms with Gasteiger partial charge in [-0.3, -0.25) is 4.79 Å². The summed E-state index contributed by atoms with van der Waals surface area (Å²) in [5.74, 6) is -0.290. The minimum Gasteiger partial charge on any atom is -0.381 e. The molecular formula is C12H13BrCl2N2O2. The molecule has 4 nitrogen and oxygen atoms in total. The predicted octanol–water partition coefficient (Wildman–Crippen LogP) is 3.20. The second-order valence-electron chi connectivity index (χ2n) is 4.47. The van der Waals surface area contributed by atoms with Gasteiger partial charge in [0.2, 0.25) is 5.91 Å². The second kappa shape index (κ2) is 5.97. The highest BCUT2D eigenvalue weighted by atomic mass is 79.9. The maximum atomic E-state index is 12.3. The number of carbonyl (C=O) groups is 1. The molecule has 1 amide bonds. The Kier molecular flexibility index (Phi) is 4.74. The van der Waals surface area contributed by atoms with Gasteiger partial charge in [-0.2, -0.15) is 0 Å². The van der Waals surface area contributed by atoms with Gasteiger partial charge >= 0.3 is 0 Å². The lowest BCUT2D eigenvalue weighted by atomic mass is 9.90. The molecule has 2 rings (SSSR count). The summed E-state index contributed by atoms with van der Waals surface area (Å²) in [6, 6.07) is 3.33. The van der Waals surface area contributed by atoms with Crippen LogP contribution in [0, 0.1) is 0 Å². The number of amides is 1. The van der Waals surface area contributed by atoms with Crippen molar-refractivity contribution in [2.24, 2.45) is 5.73 Å². The van der Waals surface area contributed by atoms with Crippen LogP contribution in [0.3, 0.4) is 0 Å². The molecule has 0 aromatic heterocycles. The van der Waals surface area contributed by atoms with Gasteiger partial charge < -0.3 is 15.8 Å². The van der Waals surface area contributed by atoms with Crippen LogP contribution in [-0.4, -0.2) is 24.7 Å². The number of hydrogen-bond acceptors (Lipinski definition) is 3. The fraction of sp³-hybridized carbons (Fsp3) is 0.417. The summed E-state index contributed by atoms with van der Waals surface area (Å²) in [6.07, 6.45) is 0.954. The van der Waals surface area contributed by atoms with Gasteiger partial charge in [-0.25, -0.2) is 0 Å². The lowest BCUT2D eigenvalue weighted by molar-refractivity contribution is -0.124. The van der Waals surface area contributed by atoms with Crippen LogP contribution in [0.1, 0.15) is 12.8 Å². The zero-order valence-electron chi connectivity index (χ0n) is 10.0. The molecule has 0 saturated carbocycles. The van der Waals surface area contributed by atoms with Crippen LogP contribution in [0.4, 0.5) is 5.69 Å². The summed E-state index contributed by atoms with van der Waals surface area (Å²) in [4.78, 5) is 12.3. The van der Waals surface area contributed by atoms with Crippen molar-refractivity contribution in [3.8, 4) is 0 Å². The maximum absolute atomic E-state index is 12.3. The maximum Gasteiger partial charge on any atom is 0.244 e. The lowest BCUT2D eigenvalue weighted by Crippen LogP contribution is -2.54. The van der Waals surface area contributed by atoms with E-state index in [4.69, 9.17) is 33.7 Å². The fourth-order valence-corrected chi connectivity index (χ4v) is 3.17. The first-order valence-electron chi connectivity index (χ1n) is 5.75. The van der Waals surface area contributed by atoms with E-state index < -0.39 is 5.54 Å². The Bertz CT molecular complexity index is 481. The average Bonchev–Trinajstić information content (AvgIpc) is 2.34. The number of nitrogens with one attached hydrogen (secondary N) is 1. The number of hydrogen-bond donors (Lipinski definition) is 2. The van der Waals surface area contributed by atoms with Crippen LogP contribution < -0.4 is 11.1 Å². The van der Waals surface area contributed by atoms with Crippen LogP contribution >= 0.6 is 39.1 Å². The van der Waals surface area contributed by atoms with Crippen LogP contribution in [0.2, 0.25) is 10.0 Å². The Labute approximate surface area is 129 Å². The van der Waals surface area contributed by atoms with Crippen molar-refractivity contribution in [1.82, 2.24) is 0 Å². The molecule has 0 radical (unpaired) electrons. The van der Waals surface area contributed by atoms with Crippen LogP contribution in [0.25, 0.3) is 0 Å². The van der Waals surface area contributed by atoms with E-state index in [1.165, 1.54) is 0 Å². The lowest BCUT2D eigenvalue weighted by Gasteiger charge is -2.32. The van der Waals surface area contributed by atoms with Gasteiger partial charge in [0, 0.05) is 17.7 Å². The summed E-state index contributed by atoms with van der Waals surface area (Å²) in [6.45, 7) is 0.956. The average molecular weight is 368 g/mol. The van der Waals surface area contributed by atoms with Crippen LogP contribution in [0.5, 0.6) is 0 Å². The molecular weight excluding hydrogens is 355 g/mol. The third-order valence-electron chi connectivity index (χ3n) is 3.08. The van der Waals surface area contributed by atoms with E-state index in [0.29, 0.717) is 41.8 Å². The fourth-order valence-electron chi connectivity index (χ4n) is 1.86. The molecule has 104 valence electrons. The van der Waals surface area contributed by atoms with Crippen molar-refractivity contribution in [3.63, 3.8) is 0 Å². The number of carbonyl (C=O) groups excluding carboxylic acids is 1. The van der Waals surface area contributed by atoms with E-state index >= 15 is 0 Å². The van der Waals surface area contributed by atoms with Crippen LogP contribution in [-0.2, 0) is 9.53 Å². The van der Waals surface area contributed by atoms with E-state index in [2.05, 4.69) is 21.2 Å². The van der Waals surface area contributed by atoms with Gasteiger partial charge in [0.25, 0.3) is 0 Å². The molecule has 19 heavy (non-hydrogen) atoms. The van der Waals surface area contributed by atoms with Gasteiger partial charge in [-0.15, -0.1) is 0 Å². The second-order valence-corrected chi connectivity index (χ2v) is 6.20. The number of rotatable bonds is 2. The van der Waals surface area contributed by atoms with Crippen molar-refractivity contribution in [1.29, 1.82) is 0 Å². The quantitative estimate of drug-likeness (QED) is 0.843. The minimum absolute atomic E-state index is 0.290. The highest BCUT2D eigenvalue weighted by Crippen LogP contribution is 2.34. The highest BCUT2D eigenvalue weighted by molar-refractivity contribution is 9.10. The number of ether oxygens (including phenoxy) is 1. The smallest absolute Gasteiger partial charge is 0.244 e. The van der Waals surface area contributed by atoms with E-state index in [1.807, 2.05) is 0 Å². The summed E-state index contributed by atoms with van der Waals surface area (Å²) in [5, 5.41) is 3.44. The zero-order valence-corrected chi connectivity index (χ0v) is 13.1. The Morgan fingerprint density at radius 2 is 1.84 bits per heavy atom. The Hall–Kier alpha value is -0.330. The standard InChI is InChI=1S/C12H13BrCl2N2O2/c13-7-5-8(14)10(9(15)6-7)17-11(18)12(16)1-3-19-4-2-12/h5-6H,1-4,16H2,(H,17,18). The van der Waals surface area contributed by atoms with Crippen molar-refractivity contribution in [2.75, 3.05) is 18.5 Å². The van der Waals surface area contributed by atoms with Gasteiger partial charge in [0.15, 0.2) is 0 Å². The summed E-state index contributed by atoms with van der Waals surface area (Å²) >= 11 is 15.4. The molecule has 0 unspecified atom stereocenters. The molecule has 0 atom stereocenters. The Morgan fingerprint density at radius 3 is 2.37 bits per heavy atom. The predicted molar refractivity (Wildman–Crippen MR) is 79.8 cm³/mol. The highest BCUT2D eigenvalue weighted by Gasteiger charge is 2.36. The van der Waals surface area contributed by atoms with Gasteiger partial charge in [0.05, 0.1) is 15.7 Å². The number of anilines is 1. The molecule has 1 aliphatic heterocycles. The van der Waals surface area contributed by atoms with E-state index in [9.17, 15) is 4.79 Å². The molecule has 0 bridgehead atoms. The third-order valence-corrected chi connectivity index (χ3v) is 4.14. The molecule has 7 heteroatoms. The summed E-state index contributed by atoms with van der Waals surface area (Å²) in [5.41, 5.74) is 5.54. The molecule has 3 N–H and O–H groups in total. The minimum atomic E-state index is -0.933. The largest absolute Gasteiger partial charge is 0.381 e. The Morgan fingerprint density at radius 1 is 1.32 bits per heavy atom. The van der Waals surface area contributed by atoms with Gasteiger partial charge in [-0.05, 0) is 25.0 Å². The molecule has 0 aliphatic carbocycles. The van der Waals surface area contributed by atoms with Crippen molar-refractivity contribution in [3.05, 3.63) is 26.7 Å². The first-order valence-corrected chi connectivity index (χ1v) is 7.30. The SMILES string of the molecule is NC1(C(=O)Nc2c(Cl)cc(Br)cc2Cl)CCOCC1. The molecule has 1 aliphatic rings. The molecule has 1 aromatic rings. The topological polar surface area (TPSA) is 64.4 Å². The molecule has 1 saturated heterocycles. The summed E-state index contributed by atoms with van der Waals surface area (Å²) in [7, 11) is 0. The zero-order chi connectivity index (χ0) is 14.0. The van der Waals surface area contributed by atoms with E-state index in [0.717, 1.165) is 4.47 Å². The molecule has 1 aromatic carbocycles. The van der Waals surface area contributed by atoms with E-state index in [1.54, 1.807) is 12.1 Å². The van der Waals surface area contributed by atoms with Crippen LogP contribution in [0.15, 0.2) is 16.6 Å². The van der Waals surface area contributed by atoms with Crippen molar-refractivity contribution in [2.45, 2.75) is 18.4 Å². The molecule has 1 heterocycles. The van der Waals surface area contributed by atoms with Gasteiger partial charge in [-0.1, -0.05) is 39.1 Å².